The molecule has 1 aromatic rings. The smallest absolute Gasteiger partial charge is 0.253 e. The lowest BCUT2D eigenvalue weighted by Crippen LogP contribution is -2.21. The number of amides is 1. The van der Waals surface area contributed by atoms with Crippen molar-refractivity contribution in [3.63, 3.8) is 0 Å². The lowest BCUT2D eigenvalue weighted by atomic mass is 10.1. The van der Waals surface area contributed by atoms with Crippen molar-refractivity contribution in [2.24, 2.45) is 5.73 Å². The minimum absolute atomic E-state index is 0.0133. The van der Waals surface area contributed by atoms with Gasteiger partial charge in [0.15, 0.2) is 6.29 Å². The van der Waals surface area contributed by atoms with Gasteiger partial charge in [0.2, 0.25) is 0 Å². The number of hydrogen-bond acceptors (Lipinski definition) is 4. The molecule has 1 saturated heterocycles. The van der Waals surface area contributed by atoms with E-state index in [0.29, 0.717) is 13.2 Å². The molecule has 0 unspecified atom stereocenters. The highest BCUT2D eigenvalue weighted by Gasteiger charge is 2.28. The summed E-state index contributed by atoms with van der Waals surface area (Å²) in [6.07, 6.45) is 0.0109. The Labute approximate surface area is 118 Å². The lowest BCUT2D eigenvalue weighted by molar-refractivity contribution is -0.183. The van der Waals surface area contributed by atoms with Crippen molar-refractivity contribution in [1.82, 2.24) is 4.98 Å². The molecule has 5 nitrogen and oxygen atoms in total. The number of primary amides is 1. The van der Waals surface area contributed by atoms with Crippen LogP contribution in [0.2, 0.25) is 15.3 Å². The molecule has 0 atom stereocenters. The number of carbonyl (C=O) groups is 1. The van der Waals surface area contributed by atoms with E-state index >= 15 is 0 Å². The molecule has 1 aliphatic heterocycles. The minimum Gasteiger partial charge on any atom is -0.365 e. The van der Waals surface area contributed by atoms with Gasteiger partial charge in [-0.3, -0.25) is 4.79 Å². The highest BCUT2D eigenvalue weighted by Crippen LogP contribution is 2.38. The Morgan fingerprint density at radius 3 is 2.39 bits per heavy atom. The van der Waals surface area contributed by atoms with Gasteiger partial charge in [-0.2, -0.15) is 0 Å². The van der Waals surface area contributed by atoms with Gasteiger partial charge in [-0.05, 0) is 6.42 Å². The number of ether oxygens (including phenoxy) is 2. The number of nitrogens with zero attached hydrogens (tertiary/aromatic N) is 1. The van der Waals surface area contributed by atoms with Crippen LogP contribution in [0.4, 0.5) is 0 Å². The molecule has 2 heterocycles. The summed E-state index contributed by atoms with van der Waals surface area (Å²) in [6.45, 7) is 1.01. The highest BCUT2D eigenvalue weighted by atomic mass is 35.5. The Balaban J connectivity index is 2.52. The molecule has 98 valence electrons. The third kappa shape index (κ3) is 2.55. The van der Waals surface area contributed by atoms with Gasteiger partial charge >= 0.3 is 0 Å². The summed E-state index contributed by atoms with van der Waals surface area (Å²) < 4.78 is 10.7. The van der Waals surface area contributed by atoms with Crippen LogP contribution in [0, 0.1) is 0 Å². The predicted octanol–water partition coefficient (Wildman–Crippen LogP) is 2.58. The number of nitrogens with two attached hydrogens (primary N) is 1. The fourth-order valence-electron chi connectivity index (χ4n) is 1.58. The fourth-order valence-corrected chi connectivity index (χ4v) is 2.62. The second-order valence-electron chi connectivity index (χ2n) is 3.59. The quantitative estimate of drug-likeness (QED) is 0.852. The average Bonchev–Trinajstić information content (AvgIpc) is 2.28. The molecule has 0 aliphatic carbocycles. The zero-order chi connectivity index (χ0) is 13.3. The second-order valence-corrected chi connectivity index (χ2v) is 4.68. The third-order valence-corrected chi connectivity index (χ3v) is 3.34. The molecule has 0 bridgehead atoms. The van der Waals surface area contributed by atoms with E-state index in [9.17, 15) is 4.79 Å². The molecule has 0 radical (unpaired) electrons. The van der Waals surface area contributed by atoms with E-state index in [1.807, 2.05) is 0 Å². The van der Waals surface area contributed by atoms with Gasteiger partial charge in [0, 0.05) is 0 Å². The first-order valence-electron chi connectivity index (χ1n) is 5.09. The molecule has 1 fully saturated rings. The Kier molecular flexibility index (Phi) is 4.29. The molecule has 8 heteroatoms. The van der Waals surface area contributed by atoms with Gasteiger partial charge in [0.1, 0.15) is 10.3 Å². The Morgan fingerprint density at radius 1 is 1.22 bits per heavy atom. The van der Waals surface area contributed by atoms with Gasteiger partial charge < -0.3 is 15.2 Å². The summed E-state index contributed by atoms with van der Waals surface area (Å²) in [7, 11) is 0. The van der Waals surface area contributed by atoms with E-state index in [1.54, 1.807) is 0 Å². The van der Waals surface area contributed by atoms with Crippen molar-refractivity contribution >= 4 is 40.7 Å². The first-order valence-corrected chi connectivity index (χ1v) is 6.23. The number of rotatable bonds is 2. The van der Waals surface area contributed by atoms with E-state index in [1.165, 1.54) is 0 Å². The number of aromatic nitrogens is 1. The molecule has 1 aliphatic rings. The van der Waals surface area contributed by atoms with Gasteiger partial charge in [-0.1, -0.05) is 34.8 Å². The molecule has 0 saturated carbocycles. The van der Waals surface area contributed by atoms with Crippen molar-refractivity contribution in [1.29, 1.82) is 0 Å². The Hall–Kier alpha value is -0.590. The monoisotopic (exact) mass is 310 g/mol. The lowest BCUT2D eigenvalue weighted by Gasteiger charge is -2.25. The van der Waals surface area contributed by atoms with Crippen molar-refractivity contribution in [3.05, 3.63) is 26.5 Å². The number of pyridine rings is 1. The van der Waals surface area contributed by atoms with Gasteiger partial charge in [-0.25, -0.2) is 4.98 Å². The van der Waals surface area contributed by atoms with Crippen molar-refractivity contribution in [3.8, 4) is 0 Å². The zero-order valence-corrected chi connectivity index (χ0v) is 11.3. The molecule has 1 aromatic heterocycles. The van der Waals surface area contributed by atoms with E-state index in [-0.39, 0.29) is 26.5 Å². The van der Waals surface area contributed by atoms with Crippen LogP contribution < -0.4 is 5.73 Å². The molecule has 1 amide bonds. The number of hydrogen-bond donors (Lipinski definition) is 1. The van der Waals surface area contributed by atoms with Crippen LogP contribution in [0.5, 0.6) is 0 Å². The van der Waals surface area contributed by atoms with Crippen LogP contribution >= 0.6 is 34.8 Å². The molecule has 2 N–H and O–H groups in total. The second kappa shape index (κ2) is 5.59. The summed E-state index contributed by atoms with van der Waals surface area (Å²) in [5.41, 5.74) is 5.38. The van der Waals surface area contributed by atoms with E-state index < -0.39 is 12.2 Å². The summed E-state index contributed by atoms with van der Waals surface area (Å²) in [6, 6.07) is 0. The Bertz CT molecular complexity index is 490. The van der Waals surface area contributed by atoms with Crippen molar-refractivity contribution in [2.45, 2.75) is 12.7 Å². The SMILES string of the molecule is NC(=O)c1c(Cl)nc(Cl)c(C2OCCCO2)c1Cl. The van der Waals surface area contributed by atoms with Crippen molar-refractivity contribution < 1.29 is 14.3 Å². The fraction of sp³-hybridized carbons (Fsp3) is 0.400. The molecular formula is C10H9Cl3N2O3. The summed E-state index contributed by atoms with van der Waals surface area (Å²) in [4.78, 5) is 15.1. The highest BCUT2D eigenvalue weighted by molar-refractivity contribution is 6.41. The molecule has 2 rings (SSSR count). The van der Waals surface area contributed by atoms with Crippen LogP contribution in [-0.2, 0) is 9.47 Å². The first kappa shape index (κ1) is 13.8. The first-order chi connectivity index (χ1) is 8.52. The zero-order valence-electron chi connectivity index (χ0n) is 9.08. The van der Waals surface area contributed by atoms with E-state index in [2.05, 4.69) is 4.98 Å². The minimum atomic E-state index is -0.786. The van der Waals surface area contributed by atoms with E-state index in [0.717, 1.165) is 6.42 Å². The summed E-state index contributed by atoms with van der Waals surface area (Å²) in [5.74, 6) is -0.786. The third-order valence-electron chi connectivity index (χ3n) is 2.39. The van der Waals surface area contributed by atoms with Gasteiger partial charge in [0.05, 0.1) is 29.4 Å². The number of carbonyl (C=O) groups excluding carboxylic acids is 1. The molecular weight excluding hydrogens is 302 g/mol. The standard InChI is InChI=1S/C10H9Cl3N2O3/c11-6-4(9(14)16)7(12)15-8(13)5(6)10-17-2-1-3-18-10/h10H,1-3H2,(H2,14,16). The molecule has 0 aromatic carbocycles. The maximum Gasteiger partial charge on any atom is 0.253 e. The Morgan fingerprint density at radius 2 is 1.83 bits per heavy atom. The van der Waals surface area contributed by atoms with Gasteiger partial charge in [-0.15, -0.1) is 0 Å². The molecule has 0 spiro atoms. The number of halogens is 3. The maximum atomic E-state index is 11.3. The topological polar surface area (TPSA) is 74.4 Å². The van der Waals surface area contributed by atoms with Crippen LogP contribution in [0.25, 0.3) is 0 Å². The normalized spacial score (nSPS) is 16.8. The summed E-state index contributed by atoms with van der Waals surface area (Å²) in [5, 5.41) is -0.0987. The van der Waals surface area contributed by atoms with Crippen LogP contribution in [0.3, 0.4) is 0 Å². The summed E-state index contributed by atoms with van der Waals surface area (Å²) >= 11 is 17.8. The van der Waals surface area contributed by atoms with E-state index in [4.69, 9.17) is 50.0 Å². The van der Waals surface area contributed by atoms with Crippen LogP contribution in [-0.4, -0.2) is 24.1 Å². The maximum absolute atomic E-state index is 11.3. The van der Waals surface area contributed by atoms with Crippen LogP contribution in [0.15, 0.2) is 0 Å². The predicted molar refractivity (Wildman–Crippen MR) is 67.0 cm³/mol. The average molecular weight is 312 g/mol. The van der Waals surface area contributed by atoms with Crippen molar-refractivity contribution in [2.75, 3.05) is 13.2 Å². The molecule has 18 heavy (non-hydrogen) atoms. The van der Waals surface area contributed by atoms with Crippen LogP contribution in [0.1, 0.15) is 28.6 Å². The van der Waals surface area contributed by atoms with Gasteiger partial charge in [0.25, 0.3) is 5.91 Å². The largest absolute Gasteiger partial charge is 0.365 e.